The van der Waals surface area contributed by atoms with Crippen LogP contribution in [-0.4, -0.2) is 50.2 Å². The summed E-state index contributed by atoms with van der Waals surface area (Å²) >= 11 is 0. The van der Waals surface area contributed by atoms with Crippen LogP contribution >= 0.6 is 0 Å². The predicted octanol–water partition coefficient (Wildman–Crippen LogP) is 1.17. The van der Waals surface area contributed by atoms with Crippen LogP contribution < -0.4 is 16.0 Å². The normalized spacial score (nSPS) is 16.0. The molecule has 0 spiro atoms. The minimum Gasteiger partial charge on any atom is -0.337 e. The Kier molecular flexibility index (Phi) is 6.24. The van der Waals surface area contributed by atoms with Crippen LogP contribution in [0.5, 0.6) is 0 Å². The standard InChI is InChI=1S/C16H24N4O/c1-14-2-4-15(5-3-14)6-7-18-16(21)19-10-13-20-11-8-17-9-12-20/h2-7,17H,8-13H2,1H3,(H2,18,19,21)/b7-6+. The number of amides is 2. The molecular weight excluding hydrogens is 264 g/mol. The van der Waals surface area contributed by atoms with Crippen LogP contribution in [0.25, 0.3) is 6.08 Å². The van der Waals surface area contributed by atoms with Gasteiger partial charge < -0.3 is 16.0 Å². The fraction of sp³-hybridized carbons (Fsp3) is 0.438. The molecule has 3 N–H and O–H groups in total. The number of nitrogens with one attached hydrogen (secondary N) is 3. The van der Waals surface area contributed by atoms with Crippen molar-refractivity contribution < 1.29 is 4.79 Å². The van der Waals surface area contributed by atoms with Crippen molar-refractivity contribution in [1.82, 2.24) is 20.9 Å². The van der Waals surface area contributed by atoms with E-state index in [0.717, 1.165) is 38.3 Å². The molecule has 5 nitrogen and oxygen atoms in total. The van der Waals surface area contributed by atoms with E-state index in [9.17, 15) is 4.79 Å². The second kappa shape index (κ2) is 8.44. The summed E-state index contributed by atoms with van der Waals surface area (Å²) in [5.41, 5.74) is 2.30. The van der Waals surface area contributed by atoms with E-state index in [0.29, 0.717) is 6.54 Å². The Hall–Kier alpha value is -1.85. The molecule has 5 heteroatoms. The van der Waals surface area contributed by atoms with Gasteiger partial charge in [-0.2, -0.15) is 0 Å². The van der Waals surface area contributed by atoms with E-state index in [4.69, 9.17) is 0 Å². The molecule has 0 aliphatic carbocycles. The van der Waals surface area contributed by atoms with Gasteiger partial charge in [-0.3, -0.25) is 4.90 Å². The summed E-state index contributed by atoms with van der Waals surface area (Å²) < 4.78 is 0. The summed E-state index contributed by atoms with van der Waals surface area (Å²) in [7, 11) is 0. The maximum Gasteiger partial charge on any atom is 0.318 e. The van der Waals surface area contributed by atoms with Crippen LogP contribution in [-0.2, 0) is 0 Å². The van der Waals surface area contributed by atoms with Crippen LogP contribution in [0.15, 0.2) is 30.5 Å². The molecule has 1 aromatic carbocycles. The number of aryl methyl sites for hydroxylation is 1. The van der Waals surface area contributed by atoms with Crippen molar-refractivity contribution in [2.45, 2.75) is 6.92 Å². The van der Waals surface area contributed by atoms with E-state index in [-0.39, 0.29) is 6.03 Å². The number of urea groups is 1. The Morgan fingerprint density at radius 2 is 2.00 bits per heavy atom. The summed E-state index contributed by atoms with van der Waals surface area (Å²) in [5.74, 6) is 0. The lowest BCUT2D eigenvalue weighted by molar-refractivity contribution is 0.229. The van der Waals surface area contributed by atoms with Crippen molar-refractivity contribution in [3.8, 4) is 0 Å². The van der Waals surface area contributed by atoms with Crippen molar-refractivity contribution in [1.29, 1.82) is 0 Å². The number of benzene rings is 1. The highest BCUT2D eigenvalue weighted by Crippen LogP contribution is 2.04. The van der Waals surface area contributed by atoms with E-state index in [2.05, 4.69) is 27.8 Å². The Morgan fingerprint density at radius 3 is 2.71 bits per heavy atom. The van der Waals surface area contributed by atoms with Crippen molar-refractivity contribution >= 4 is 12.1 Å². The third kappa shape index (κ3) is 5.97. The average molecular weight is 288 g/mol. The third-order valence-corrected chi connectivity index (χ3v) is 3.49. The van der Waals surface area contributed by atoms with Gasteiger partial charge in [-0.15, -0.1) is 0 Å². The predicted molar refractivity (Wildman–Crippen MR) is 86.1 cm³/mol. The number of rotatable bonds is 5. The van der Waals surface area contributed by atoms with E-state index in [1.165, 1.54) is 5.56 Å². The molecular formula is C16H24N4O. The lowest BCUT2D eigenvalue weighted by Crippen LogP contribution is -2.46. The number of carbonyl (C=O) groups excluding carboxylic acids is 1. The first-order chi connectivity index (χ1) is 10.2. The zero-order valence-corrected chi connectivity index (χ0v) is 12.6. The first-order valence-electron chi connectivity index (χ1n) is 7.45. The van der Waals surface area contributed by atoms with Crippen LogP contribution in [0.4, 0.5) is 4.79 Å². The smallest absolute Gasteiger partial charge is 0.318 e. The van der Waals surface area contributed by atoms with Crippen LogP contribution in [0, 0.1) is 6.92 Å². The highest BCUT2D eigenvalue weighted by molar-refractivity contribution is 5.75. The molecule has 0 radical (unpaired) electrons. The minimum atomic E-state index is -0.159. The van der Waals surface area contributed by atoms with Crippen molar-refractivity contribution in [3.05, 3.63) is 41.6 Å². The van der Waals surface area contributed by atoms with Crippen LogP contribution in [0.3, 0.4) is 0 Å². The number of hydrogen-bond acceptors (Lipinski definition) is 3. The van der Waals surface area contributed by atoms with Crippen LogP contribution in [0.1, 0.15) is 11.1 Å². The lowest BCUT2D eigenvalue weighted by Gasteiger charge is -2.26. The van der Waals surface area contributed by atoms with Crippen molar-refractivity contribution in [3.63, 3.8) is 0 Å². The number of hydrogen-bond donors (Lipinski definition) is 3. The topological polar surface area (TPSA) is 56.4 Å². The zero-order chi connectivity index (χ0) is 14.9. The van der Waals surface area contributed by atoms with Gasteiger partial charge in [0.25, 0.3) is 0 Å². The fourth-order valence-corrected chi connectivity index (χ4v) is 2.20. The van der Waals surface area contributed by atoms with Gasteiger partial charge in [0.05, 0.1) is 0 Å². The molecule has 1 aliphatic rings. The highest BCUT2D eigenvalue weighted by atomic mass is 16.2. The molecule has 0 saturated carbocycles. The molecule has 0 atom stereocenters. The van der Waals surface area contributed by atoms with E-state index in [1.54, 1.807) is 6.20 Å². The summed E-state index contributed by atoms with van der Waals surface area (Å²) in [5, 5.41) is 8.89. The Balaban J connectivity index is 1.61. The molecule has 1 fully saturated rings. The monoisotopic (exact) mass is 288 g/mol. The molecule has 1 aliphatic heterocycles. The molecule has 114 valence electrons. The first kappa shape index (κ1) is 15.5. The summed E-state index contributed by atoms with van der Waals surface area (Å²) in [6.07, 6.45) is 3.56. The molecule has 2 rings (SSSR count). The molecule has 21 heavy (non-hydrogen) atoms. The second-order valence-electron chi connectivity index (χ2n) is 5.24. The maximum atomic E-state index is 11.6. The van der Waals surface area contributed by atoms with Gasteiger partial charge in [-0.05, 0) is 18.6 Å². The van der Waals surface area contributed by atoms with Gasteiger partial charge in [0.15, 0.2) is 0 Å². The Morgan fingerprint density at radius 1 is 1.29 bits per heavy atom. The number of nitrogens with zero attached hydrogens (tertiary/aromatic N) is 1. The summed E-state index contributed by atoms with van der Waals surface area (Å²) in [4.78, 5) is 14.0. The molecule has 0 aromatic heterocycles. The largest absolute Gasteiger partial charge is 0.337 e. The molecule has 1 saturated heterocycles. The quantitative estimate of drug-likeness (QED) is 0.762. The molecule has 2 amide bonds. The average Bonchev–Trinajstić information content (AvgIpc) is 2.50. The Labute approximate surface area is 126 Å². The molecule has 1 heterocycles. The first-order valence-corrected chi connectivity index (χ1v) is 7.45. The van der Waals surface area contributed by atoms with Gasteiger partial charge >= 0.3 is 6.03 Å². The summed E-state index contributed by atoms with van der Waals surface area (Å²) in [6, 6.07) is 7.99. The van der Waals surface area contributed by atoms with Gasteiger partial charge in [0.1, 0.15) is 0 Å². The van der Waals surface area contributed by atoms with Crippen molar-refractivity contribution in [2.24, 2.45) is 0 Å². The summed E-state index contributed by atoms with van der Waals surface area (Å²) in [6.45, 7) is 7.79. The Bertz CT molecular complexity index is 464. The molecule has 0 bridgehead atoms. The molecule has 0 unspecified atom stereocenters. The van der Waals surface area contributed by atoms with E-state index < -0.39 is 0 Å². The second-order valence-corrected chi connectivity index (χ2v) is 5.24. The number of piperazine rings is 1. The van der Waals surface area contributed by atoms with E-state index >= 15 is 0 Å². The lowest BCUT2D eigenvalue weighted by atomic mass is 10.1. The molecule has 1 aromatic rings. The van der Waals surface area contributed by atoms with Gasteiger partial charge in [-0.1, -0.05) is 29.8 Å². The fourth-order valence-electron chi connectivity index (χ4n) is 2.20. The van der Waals surface area contributed by atoms with Crippen molar-refractivity contribution in [2.75, 3.05) is 39.3 Å². The SMILES string of the molecule is Cc1ccc(/C=C/NC(=O)NCCN2CCNCC2)cc1. The maximum absolute atomic E-state index is 11.6. The third-order valence-electron chi connectivity index (χ3n) is 3.49. The highest BCUT2D eigenvalue weighted by Gasteiger charge is 2.08. The minimum absolute atomic E-state index is 0.159. The van der Waals surface area contributed by atoms with Gasteiger partial charge in [0, 0.05) is 45.5 Å². The van der Waals surface area contributed by atoms with E-state index in [1.807, 2.05) is 30.3 Å². The van der Waals surface area contributed by atoms with Crippen LogP contribution in [0.2, 0.25) is 0 Å². The number of carbonyl (C=O) groups is 1. The van der Waals surface area contributed by atoms with Gasteiger partial charge in [-0.25, -0.2) is 4.79 Å². The zero-order valence-electron chi connectivity index (χ0n) is 12.6. The van der Waals surface area contributed by atoms with Gasteiger partial charge in [0.2, 0.25) is 0 Å².